The average Bonchev–Trinajstić information content (AvgIpc) is 3.07. The third-order valence-corrected chi connectivity index (χ3v) is 4.24. The Morgan fingerprint density at radius 3 is 2.68 bits per heavy atom. The Bertz CT molecular complexity index is 914. The second kappa shape index (κ2) is 5.95. The molecule has 6 heteroatoms. The molecular weight excluding hydrogens is 320 g/mol. The molecule has 0 aliphatic carbocycles. The number of fused-ring (bicyclic) bond motifs is 2. The van der Waals surface area contributed by atoms with Crippen molar-refractivity contribution in [3.05, 3.63) is 59.0 Å². The van der Waals surface area contributed by atoms with Gasteiger partial charge in [-0.1, -0.05) is 18.2 Å². The number of allylic oxidation sites excluding steroid dienone is 1. The van der Waals surface area contributed by atoms with Crippen LogP contribution in [0.1, 0.15) is 24.0 Å². The zero-order valence-corrected chi connectivity index (χ0v) is 13.6. The van der Waals surface area contributed by atoms with Crippen molar-refractivity contribution in [3.63, 3.8) is 0 Å². The summed E-state index contributed by atoms with van der Waals surface area (Å²) < 4.78 is 22.3. The second-order valence-electron chi connectivity index (χ2n) is 5.64. The molecule has 0 amide bonds. The molecule has 0 radical (unpaired) electrons. The Morgan fingerprint density at radius 2 is 1.92 bits per heavy atom. The molecule has 0 aromatic heterocycles. The van der Waals surface area contributed by atoms with Gasteiger partial charge in [-0.15, -0.1) is 0 Å². The molecule has 1 atom stereocenters. The molecule has 4 rings (SSSR count). The van der Waals surface area contributed by atoms with Gasteiger partial charge in [0.2, 0.25) is 12.7 Å². The van der Waals surface area contributed by atoms with E-state index >= 15 is 0 Å². The van der Waals surface area contributed by atoms with E-state index in [2.05, 4.69) is 6.07 Å². The lowest BCUT2D eigenvalue weighted by Gasteiger charge is -2.27. The van der Waals surface area contributed by atoms with Gasteiger partial charge in [-0.3, -0.25) is 0 Å². The summed E-state index contributed by atoms with van der Waals surface area (Å²) in [6.45, 7) is 2.60. The molecule has 0 fully saturated rings. The molecule has 0 unspecified atom stereocenters. The molecule has 2 aromatic rings. The first-order valence-electron chi connectivity index (χ1n) is 7.95. The fourth-order valence-electron chi connectivity index (χ4n) is 3.17. The van der Waals surface area contributed by atoms with Crippen molar-refractivity contribution < 1.29 is 18.9 Å². The largest absolute Gasteiger partial charge is 0.494 e. The van der Waals surface area contributed by atoms with Crippen LogP contribution in [0, 0.1) is 11.3 Å². The molecule has 2 heterocycles. The number of para-hydroxylation sites is 1. The summed E-state index contributed by atoms with van der Waals surface area (Å²) in [5.74, 6) is 2.18. The molecule has 0 spiro atoms. The molecule has 0 bridgehead atoms. The van der Waals surface area contributed by atoms with Crippen molar-refractivity contribution >= 4 is 0 Å². The molecule has 2 N–H and O–H groups in total. The summed E-state index contributed by atoms with van der Waals surface area (Å²) in [7, 11) is 0. The topological polar surface area (TPSA) is 86.7 Å². The van der Waals surface area contributed by atoms with Crippen LogP contribution in [0.3, 0.4) is 0 Å². The highest BCUT2D eigenvalue weighted by Crippen LogP contribution is 2.49. The van der Waals surface area contributed by atoms with Crippen LogP contribution in [0.5, 0.6) is 23.0 Å². The number of ether oxygens (including phenoxy) is 4. The third kappa shape index (κ3) is 2.41. The first kappa shape index (κ1) is 15.2. The smallest absolute Gasteiger partial charge is 0.231 e. The lowest BCUT2D eigenvalue weighted by molar-refractivity contribution is 0.174. The fraction of sp³-hybridized carbons (Fsp3) is 0.211. The monoisotopic (exact) mass is 336 g/mol. The van der Waals surface area contributed by atoms with E-state index < -0.39 is 5.92 Å². The van der Waals surface area contributed by atoms with Gasteiger partial charge in [-0.25, -0.2) is 0 Å². The quantitative estimate of drug-likeness (QED) is 0.927. The highest BCUT2D eigenvalue weighted by atomic mass is 16.7. The Hall–Kier alpha value is -3.33. The maximum absolute atomic E-state index is 9.67. The van der Waals surface area contributed by atoms with Crippen LogP contribution in [-0.2, 0) is 0 Å². The molecule has 2 aliphatic heterocycles. The molecule has 126 valence electrons. The van der Waals surface area contributed by atoms with Gasteiger partial charge in [-0.05, 0) is 19.1 Å². The van der Waals surface area contributed by atoms with Crippen LogP contribution < -0.4 is 24.7 Å². The first-order valence-corrected chi connectivity index (χ1v) is 7.95. The lowest BCUT2D eigenvalue weighted by atomic mass is 9.83. The van der Waals surface area contributed by atoms with E-state index in [1.165, 1.54) is 0 Å². The van der Waals surface area contributed by atoms with Crippen molar-refractivity contribution in [2.75, 3.05) is 13.4 Å². The zero-order chi connectivity index (χ0) is 17.4. The van der Waals surface area contributed by atoms with Gasteiger partial charge in [0.25, 0.3) is 0 Å². The van der Waals surface area contributed by atoms with E-state index in [0.29, 0.717) is 35.2 Å². The molecule has 25 heavy (non-hydrogen) atoms. The fourth-order valence-corrected chi connectivity index (χ4v) is 3.17. The van der Waals surface area contributed by atoms with E-state index in [1.807, 2.05) is 37.3 Å². The highest BCUT2D eigenvalue weighted by Gasteiger charge is 2.34. The van der Waals surface area contributed by atoms with E-state index in [4.69, 9.17) is 24.7 Å². The number of benzene rings is 2. The summed E-state index contributed by atoms with van der Waals surface area (Å²) in [4.78, 5) is 0. The maximum Gasteiger partial charge on any atom is 0.231 e. The van der Waals surface area contributed by atoms with Crippen LogP contribution in [-0.4, -0.2) is 13.4 Å². The molecule has 2 aromatic carbocycles. The Morgan fingerprint density at radius 1 is 1.16 bits per heavy atom. The average molecular weight is 336 g/mol. The van der Waals surface area contributed by atoms with Crippen molar-refractivity contribution in [2.24, 2.45) is 5.73 Å². The Balaban J connectivity index is 1.93. The van der Waals surface area contributed by atoms with Crippen molar-refractivity contribution in [1.29, 1.82) is 5.26 Å². The van der Waals surface area contributed by atoms with Crippen molar-refractivity contribution in [3.8, 4) is 29.1 Å². The van der Waals surface area contributed by atoms with Crippen LogP contribution in [0.4, 0.5) is 0 Å². The van der Waals surface area contributed by atoms with Gasteiger partial charge in [-0.2, -0.15) is 5.26 Å². The maximum atomic E-state index is 9.67. The number of hydrogen-bond donors (Lipinski definition) is 1. The number of nitriles is 1. The minimum absolute atomic E-state index is 0.0881. The number of rotatable bonds is 3. The minimum atomic E-state index is -0.397. The van der Waals surface area contributed by atoms with E-state index in [1.54, 1.807) is 6.07 Å². The number of hydrogen-bond acceptors (Lipinski definition) is 6. The van der Waals surface area contributed by atoms with Crippen LogP contribution in [0.2, 0.25) is 0 Å². The molecule has 0 saturated heterocycles. The van der Waals surface area contributed by atoms with Crippen molar-refractivity contribution in [2.45, 2.75) is 12.8 Å². The molecule has 2 aliphatic rings. The predicted molar refractivity (Wildman–Crippen MR) is 89.5 cm³/mol. The van der Waals surface area contributed by atoms with Gasteiger partial charge < -0.3 is 24.7 Å². The summed E-state index contributed by atoms with van der Waals surface area (Å²) in [5.41, 5.74) is 8.02. The normalized spacial score (nSPS) is 17.5. The van der Waals surface area contributed by atoms with Gasteiger partial charge in [0.1, 0.15) is 23.1 Å². The van der Waals surface area contributed by atoms with E-state index in [-0.39, 0.29) is 12.7 Å². The summed E-state index contributed by atoms with van der Waals surface area (Å²) in [6.07, 6.45) is 0. The number of nitrogens with two attached hydrogens (primary N) is 1. The second-order valence-corrected chi connectivity index (χ2v) is 5.64. The number of nitrogens with zero attached hydrogens (tertiary/aromatic N) is 1. The first-order chi connectivity index (χ1) is 12.2. The SMILES string of the molecule is CCOc1ccccc1[C@@H]1C(C#N)=C(N)Oc2cc3c(cc21)OCO3. The van der Waals surface area contributed by atoms with E-state index in [0.717, 1.165) is 11.1 Å². The molecule has 0 saturated carbocycles. The van der Waals surface area contributed by atoms with Crippen LogP contribution >= 0.6 is 0 Å². The van der Waals surface area contributed by atoms with Crippen LogP contribution in [0.25, 0.3) is 0 Å². The highest BCUT2D eigenvalue weighted by molar-refractivity contribution is 5.62. The van der Waals surface area contributed by atoms with E-state index in [9.17, 15) is 5.26 Å². The van der Waals surface area contributed by atoms with Crippen LogP contribution in [0.15, 0.2) is 47.9 Å². The lowest BCUT2D eigenvalue weighted by Crippen LogP contribution is -2.21. The predicted octanol–water partition coefficient (Wildman–Crippen LogP) is 3.03. The Labute approximate surface area is 145 Å². The van der Waals surface area contributed by atoms with Gasteiger partial charge in [0.15, 0.2) is 11.5 Å². The molecular formula is C19H16N2O4. The summed E-state index contributed by atoms with van der Waals surface area (Å²) in [5, 5.41) is 9.67. The van der Waals surface area contributed by atoms with Gasteiger partial charge >= 0.3 is 0 Å². The minimum Gasteiger partial charge on any atom is -0.494 e. The zero-order valence-electron chi connectivity index (χ0n) is 13.6. The summed E-state index contributed by atoms with van der Waals surface area (Å²) >= 11 is 0. The summed E-state index contributed by atoms with van der Waals surface area (Å²) in [6, 6.07) is 13.4. The van der Waals surface area contributed by atoms with Gasteiger partial charge in [0.05, 0.1) is 12.5 Å². The third-order valence-electron chi connectivity index (χ3n) is 4.24. The standard InChI is InChI=1S/C19H16N2O4/c1-2-22-14-6-4-3-5-11(14)18-12-7-16-17(24-10-23-16)8-15(12)25-19(21)13(18)9-20/h3-8,18H,2,10,21H2,1H3/t18-/m0/s1. The molecule has 6 nitrogen and oxygen atoms in total. The van der Waals surface area contributed by atoms with Crippen molar-refractivity contribution in [1.82, 2.24) is 0 Å². The Kier molecular flexibility index (Phi) is 3.62. The van der Waals surface area contributed by atoms with Gasteiger partial charge in [0, 0.05) is 17.2 Å².